The molecule has 0 bridgehead atoms. The number of rotatable bonds is 5. The van der Waals surface area contributed by atoms with E-state index in [1.165, 1.54) is 6.20 Å². The van der Waals surface area contributed by atoms with Crippen LogP contribution in [0.3, 0.4) is 0 Å². The summed E-state index contributed by atoms with van der Waals surface area (Å²) < 4.78 is 5.99. The molecule has 10 heteroatoms. The summed E-state index contributed by atoms with van der Waals surface area (Å²) in [5.74, 6) is 0.459. The molecule has 0 spiro atoms. The van der Waals surface area contributed by atoms with Crippen LogP contribution in [0.5, 0.6) is 0 Å². The van der Waals surface area contributed by atoms with Crippen LogP contribution in [0.1, 0.15) is 18.4 Å². The summed E-state index contributed by atoms with van der Waals surface area (Å²) >= 11 is 0. The molecule has 2 aromatic heterocycles. The van der Waals surface area contributed by atoms with Crippen molar-refractivity contribution in [2.45, 2.75) is 18.4 Å². The summed E-state index contributed by atoms with van der Waals surface area (Å²) in [6, 6.07) is 11.0. The highest BCUT2D eigenvalue weighted by Gasteiger charge is 2.37. The van der Waals surface area contributed by atoms with Crippen molar-refractivity contribution in [2.75, 3.05) is 23.8 Å². The van der Waals surface area contributed by atoms with Crippen molar-refractivity contribution in [3.8, 4) is 0 Å². The fourth-order valence-corrected chi connectivity index (χ4v) is 3.47. The number of hydrogen-bond acceptors (Lipinski definition) is 5. The number of pyridine rings is 1. The standard InChI is InChI=1S/C19H20N6O4/c26-17(21-11-19(7-4-8-29-19)12-5-2-1-3-6-12)22-15-9-14-13(10-20-15)16(25-24-14)23-18(27)28/h1-3,5-6,9-10H,4,7-8,11H2,(H,27,28)(H2,23,24,25)(H2,20,21,22,26)/t19-/m0/s1. The Kier molecular flexibility index (Phi) is 5.00. The number of carbonyl (C=O) groups excluding carboxylic acids is 1. The summed E-state index contributed by atoms with van der Waals surface area (Å²) in [5, 5.41) is 23.6. The minimum atomic E-state index is -1.22. The third kappa shape index (κ3) is 3.97. The quantitative estimate of drug-likeness (QED) is 0.449. The van der Waals surface area contributed by atoms with Gasteiger partial charge >= 0.3 is 12.1 Å². The Hall–Kier alpha value is -3.66. The van der Waals surface area contributed by atoms with Gasteiger partial charge in [-0.1, -0.05) is 30.3 Å². The van der Waals surface area contributed by atoms with Crippen LogP contribution >= 0.6 is 0 Å². The number of benzene rings is 1. The van der Waals surface area contributed by atoms with Crippen LogP contribution in [0.2, 0.25) is 0 Å². The molecular weight excluding hydrogens is 376 g/mol. The molecule has 3 aromatic rings. The summed E-state index contributed by atoms with van der Waals surface area (Å²) in [6.07, 6.45) is 1.98. The molecule has 29 heavy (non-hydrogen) atoms. The first-order chi connectivity index (χ1) is 14.1. The van der Waals surface area contributed by atoms with Crippen LogP contribution in [0.4, 0.5) is 21.2 Å². The lowest BCUT2D eigenvalue weighted by Crippen LogP contribution is -2.42. The smallest absolute Gasteiger partial charge is 0.410 e. The zero-order valence-electron chi connectivity index (χ0n) is 15.4. The van der Waals surface area contributed by atoms with Crippen molar-refractivity contribution < 1.29 is 19.4 Å². The maximum Gasteiger partial charge on any atom is 0.410 e. The van der Waals surface area contributed by atoms with Gasteiger partial charge in [-0.05, 0) is 18.4 Å². The molecule has 5 N–H and O–H groups in total. The van der Waals surface area contributed by atoms with Crippen molar-refractivity contribution in [1.29, 1.82) is 0 Å². The summed E-state index contributed by atoms with van der Waals surface area (Å²) in [7, 11) is 0. The number of hydrogen-bond donors (Lipinski definition) is 5. The van der Waals surface area contributed by atoms with Gasteiger partial charge in [0.2, 0.25) is 0 Å². The van der Waals surface area contributed by atoms with E-state index in [4.69, 9.17) is 9.84 Å². The van der Waals surface area contributed by atoms with Gasteiger partial charge in [0.1, 0.15) is 11.4 Å². The molecule has 150 valence electrons. The van der Waals surface area contributed by atoms with Crippen LogP contribution < -0.4 is 16.0 Å². The van der Waals surface area contributed by atoms with E-state index in [0.29, 0.717) is 29.9 Å². The number of fused-ring (bicyclic) bond motifs is 1. The van der Waals surface area contributed by atoms with E-state index in [1.807, 2.05) is 30.3 Å². The fraction of sp³-hybridized carbons (Fsp3) is 0.263. The largest absolute Gasteiger partial charge is 0.465 e. The molecule has 0 aliphatic carbocycles. The van der Waals surface area contributed by atoms with Gasteiger partial charge in [-0.25, -0.2) is 14.6 Å². The Balaban J connectivity index is 1.42. The molecule has 1 aliphatic heterocycles. The molecule has 0 unspecified atom stereocenters. The van der Waals surface area contributed by atoms with Crippen LogP contribution in [0.15, 0.2) is 42.6 Å². The van der Waals surface area contributed by atoms with Gasteiger partial charge in [-0.15, -0.1) is 0 Å². The molecule has 4 rings (SSSR count). The number of H-pyrrole nitrogens is 1. The monoisotopic (exact) mass is 396 g/mol. The molecular formula is C19H20N6O4. The van der Waals surface area contributed by atoms with Gasteiger partial charge < -0.3 is 15.2 Å². The second-order valence-electron chi connectivity index (χ2n) is 6.74. The number of ether oxygens (including phenoxy) is 1. The molecule has 1 fully saturated rings. The maximum absolute atomic E-state index is 12.4. The maximum atomic E-state index is 12.4. The number of amides is 3. The molecule has 3 amide bonds. The zero-order valence-corrected chi connectivity index (χ0v) is 15.4. The first-order valence-electron chi connectivity index (χ1n) is 9.14. The second kappa shape index (κ2) is 7.76. The third-order valence-corrected chi connectivity index (χ3v) is 4.85. The van der Waals surface area contributed by atoms with Gasteiger partial charge in [0.05, 0.1) is 17.4 Å². The Labute approximate surface area is 165 Å². The van der Waals surface area contributed by atoms with Crippen molar-refractivity contribution in [1.82, 2.24) is 20.5 Å². The fourth-order valence-electron chi connectivity index (χ4n) is 3.47. The summed E-state index contributed by atoms with van der Waals surface area (Å²) in [6.45, 7) is 0.991. The number of nitrogens with one attached hydrogen (secondary N) is 4. The van der Waals surface area contributed by atoms with E-state index in [0.717, 1.165) is 18.4 Å². The number of aromatic nitrogens is 3. The normalized spacial score (nSPS) is 18.5. The third-order valence-electron chi connectivity index (χ3n) is 4.85. The van der Waals surface area contributed by atoms with Crippen molar-refractivity contribution >= 4 is 34.7 Å². The average molecular weight is 396 g/mol. The summed E-state index contributed by atoms with van der Waals surface area (Å²) in [4.78, 5) is 27.3. The van der Waals surface area contributed by atoms with Crippen LogP contribution in [0.25, 0.3) is 10.9 Å². The Morgan fingerprint density at radius 3 is 2.79 bits per heavy atom. The highest BCUT2D eigenvalue weighted by atomic mass is 16.5. The number of carboxylic acid groups (broad SMARTS) is 1. The molecule has 1 aromatic carbocycles. The first kappa shape index (κ1) is 18.7. The molecule has 1 aliphatic rings. The van der Waals surface area contributed by atoms with E-state index >= 15 is 0 Å². The molecule has 10 nitrogen and oxygen atoms in total. The molecule has 0 radical (unpaired) electrons. The van der Waals surface area contributed by atoms with E-state index in [1.54, 1.807) is 6.07 Å². The number of anilines is 2. The van der Waals surface area contributed by atoms with Gasteiger partial charge in [0.15, 0.2) is 5.82 Å². The topological polar surface area (TPSA) is 141 Å². The summed E-state index contributed by atoms with van der Waals surface area (Å²) in [5.41, 5.74) is 1.05. The Morgan fingerprint density at radius 1 is 1.24 bits per heavy atom. The lowest BCUT2D eigenvalue weighted by Gasteiger charge is -2.29. The second-order valence-corrected chi connectivity index (χ2v) is 6.74. The van der Waals surface area contributed by atoms with E-state index in [-0.39, 0.29) is 5.82 Å². The van der Waals surface area contributed by atoms with Gasteiger partial charge in [0, 0.05) is 18.9 Å². The zero-order chi connectivity index (χ0) is 20.3. The Morgan fingerprint density at radius 2 is 2.07 bits per heavy atom. The van der Waals surface area contributed by atoms with E-state index < -0.39 is 17.7 Å². The lowest BCUT2D eigenvalue weighted by atomic mass is 9.91. The van der Waals surface area contributed by atoms with E-state index in [9.17, 15) is 9.59 Å². The van der Waals surface area contributed by atoms with Crippen LogP contribution in [0, 0.1) is 0 Å². The SMILES string of the molecule is O=C(O)Nc1n[nH]c2cc(NC(=O)NC[C@]3(c4ccccc4)CCCO3)ncc12. The minimum absolute atomic E-state index is 0.152. The first-order valence-corrected chi connectivity index (χ1v) is 9.14. The predicted molar refractivity (Wildman–Crippen MR) is 106 cm³/mol. The van der Waals surface area contributed by atoms with Gasteiger partial charge in [0.25, 0.3) is 0 Å². The van der Waals surface area contributed by atoms with E-state index in [2.05, 4.69) is 31.1 Å². The number of carbonyl (C=O) groups is 2. The molecule has 3 heterocycles. The average Bonchev–Trinajstić information content (AvgIpc) is 3.35. The molecule has 0 saturated carbocycles. The van der Waals surface area contributed by atoms with Crippen molar-refractivity contribution in [3.05, 3.63) is 48.2 Å². The molecule has 1 saturated heterocycles. The number of aromatic amines is 1. The lowest BCUT2D eigenvalue weighted by molar-refractivity contribution is 0.00329. The highest BCUT2D eigenvalue weighted by molar-refractivity contribution is 5.98. The van der Waals surface area contributed by atoms with Crippen molar-refractivity contribution in [3.63, 3.8) is 0 Å². The highest BCUT2D eigenvalue weighted by Crippen LogP contribution is 2.35. The number of nitrogens with zero attached hydrogens (tertiary/aromatic N) is 2. The van der Waals surface area contributed by atoms with Gasteiger partial charge in [-0.2, -0.15) is 5.10 Å². The number of urea groups is 1. The van der Waals surface area contributed by atoms with Crippen molar-refractivity contribution in [2.24, 2.45) is 0 Å². The molecule has 1 atom stereocenters. The minimum Gasteiger partial charge on any atom is -0.465 e. The van der Waals surface area contributed by atoms with Crippen LogP contribution in [-0.4, -0.2) is 45.6 Å². The van der Waals surface area contributed by atoms with Gasteiger partial charge in [-0.3, -0.25) is 15.7 Å². The van der Waals surface area contributed by atoms with Crippen LogP contribution in [-0.2, 0) is 10.3 Å². The Bertz CT molecular complexity index is 1030. The predicted octanol–water partition coefficient (Wildman–Crippen LogP) is 2.88.